The van der Waals surface area contributed by atoms with Crippen LogP contribution in [0.4, 0.5) is 0 Å². The number of rotatable bonds is 18. The molecule has 320 valence electrons. The Morgan fingerprint density at radius 2 is 0.810 bits per heavy atom. The molecule has 0 radical (unpaired) electrons. The maximum atomic E-state index is 9.80. The molecule has 0 aromatic heterocycles. The number of ether oxygens (including phenoxy) is 2. The summed E-state index contributed by atoms with van der Waals surface area (Å²) in [5.74, 6) is 2.64. The van der Waals surface area contributed by atoms with Crippen LogP contribution in [0.2, 0.25) is 0 Å². The highest BCUT2D eigenvalue weighted by atomic mass is 16.5. The first-order valence-electron chi connectivity index (χ1n) is 22.3. The zero-order valence-corrected chi connectivity index (χ0v) is 38.8. The van der Waals surface area contributed by atoms with Crippen LogP contribution < -0.4 is 9.47 Å². The lowest BCUT2D eigenvalue weighted by Gasteiger charge is -2.36. The van der Waals surface area contributed by atoms with E-state index >= 15 is 0 Å². The van der Waals surface area contributed by atoms with Crippen LogP contribution >= 0.6 is 0 Å². The van der Waals surface area contributed by atoms with Crippen LogP contribution in [0.1, 0.15) is 181 Å². The minimum atomic E-state index is -0.118. The molecule has 0 aliphatic carbocycles. The average Bonchev–Trinajstić information content (AvgIpc) is 3.12. The van der Waals surface area contributed by atoms with Crippen molar-refractivity contribution in [1.29, 1.82) is 0 Å². The van der Waals surface area contributed by atoms with Gasteiger partial charge in [-0.15, -0.1) is 0 Å². The maximum absolute atomic E-state index is 9.80. The molecule has 4 nitrogen and oxygen atoms in total. The molecule has 4 rings (SSSR count). The fourth-order valence-electron chi connectivity index (χ4n) is 7.99. The molecular weight excluding hydrogens is 713 g/mol. The van der Waals surface area contributed by atoms with Crippen LogP contribution in [0.25, 0.3) is 0 Å². The Morgan fingerprint density at radius 1 is 0.500 bits per heavy atom. The van der Waals surface area contributed by atoms with E-state index < -0.39 is 0 Å². The van der Waals surface area contributed by atoms with Gasteiger partial charge in [-0.1, -0.05) is 69.9 Å². The minimum Gasteiger partial charge on any atom is -0.508 e. The van der Waals surface area contributed by atoms with E-state index in [1.807, 2.05) is 26.0 Å². The van der Waals surface area contributed by atoms with Crippen molar-refractivity contribution in [2.24, 2.45) is 0 Å². The molecule has 58 heavy (non-hydrogen) atoms. The van der Waals surface area contributed by atoms with Gasteiger partial charge in [0.05, 0.1) is 0 Å². The highest BCUT2D eigenvalue weighted by Gasteiger charge is 2.33. The van der Waals surface area contributed by atoms with E-state index in [2.05, 4.69) is 106 Å². The molecule has 0 bridgehead atoms. The number of fused-ring (bicyclic) bond motifs is 2. The number of benzene rings is 2. The summed E-state index contributed by atoms with van der Waals surface area (Å²) < 4.78 is 12.8. The van der Waals surface area contributed by atoms with E-state index in [9.17, 15) is 10.2 Å². The minimum absolute atomic E-state index is 0.118. The van der Waals surface area contributed by atoms with E-state index in [1.165, 1.54) is 46.3 Å². The summed E-state index contributed by atoms with van der Waals surface area (Å²) in [6.07, 6.45) is 31.5. The van der Waals surface area contributed by atoms with Crippen LogP contribution in [0.5, 0.6) is 23.0 Å². The van der Waals surface area contributed by atoms with E-state index in [4.69, 9.17) is 9.47 Å². The molecule has 0 amide bonds. The lowest BCUT2D eigenvalue weighted by atomic mass is 9.87. The average molecular weight is 793 g/mol. The second-order valence-corrected chi connectivity index (χ2v) is 18.6. The van der Waals surface area contributed by atoms with Gasteiger partial charge in [-0.2, -0.15) is 0 Å². The van der Waals surface area contributed by atoms with E-state index in [-0.39, 0.29) is 11.2 Å². The molecule has 0 fully saturated rings. The number of phenolic OH excluding ortho intramolecular Hbond substituents is 2. The third kappa shape index (κ3) is 17.5. The fraction of sp³-hybridized carbons (Fsp3) is 0.556. The van der Waals surface area contributed by atoms with Gasteiger partial charge in [0, 0.05) is 0 Å². The van der Waals surface area contributed by atoms with Crippen LogP contribution in [0.15, 0.2) is 94.2 Å². The Labute approximate surface area is 354 Å². The predicted octanol–water partition coefficient (Wildman–Crippen LogP) is 16.0. The summed E-state index contributed by atoms with van der Waals surface area (Å²) in [4.78, 5) is 0. The van der Waals surface area contributed by atoms with Crippen LogP contribution in [-0.2, 0) is 12.8 Å². The topological polar surface area (TPSA) is 58.9 Å². The number of allylic oxidation sites excluding steroid dienone is 12. The van der Waals surface area contributed by atoms with Gasteiger partial charge in [-0.3, -0.25) is 0 Å². The van der Waals surface area contributed by atoms with Gasteiger partial charge in [0.15, 0.2) is 0 Å². The Kier molecular flexibility index (Phi) is 19.7. The molecule has 4 heteroatoms. The zero-order valence-electron chi connectivity index (χ0n) is 38.8. The summed E-state index contributed by atoms with van der Waals surface area (Å²) in [5.41, 5.74) is 12.9. The van der Waals surface area contributed by atoms with Crippen molar-refractivity contribution in [2.75, 3.05) is 0 Å². The number of aryl methyl sites for hydroxylation is 4. The van der Waals surface area contributed by atoms with Crippen LogP contribution in [0, 0.1) is 13.8 Å². The van der Waals surface area contributed by atoms with Gasteiger partial charge >= 0.3 is 0 Å². The number of aromatic hydroxyl groups is 2. The van der Waals surface area contributed by atoms with Crippen LogP contribution in [0.3, 0.4) is 0 Å². The lowest BCUT2D eigenvalue weighted by Crippen LogP contribution is -2.36. The third-order valence-electron chi connectivity index (χ3n) is 11.8. The Hall–Kier alpha value is -3.92. The molecule has 2 N–H and O–H groups in total. The SMILES string of the molecule is CC(C)=CCC/C(C)=C/CC/C(C)=C/CCC1(C)CCc2cc(O)cc(C)c2O1.CC(C)=CCC/C(C)=C/CC/C(C)=C/CCC1(C)CCc2cc(O)cc(C)c2O1. The Bertz CT molecular complexity index is 1690. The third-order valence-corrected chi connectivity index (χ3v) is 11.8. The largest absolute Gasteiger partial charge is 0.508 e. The predicted molar refractivity (Wildman–Crippen MR) is 250 cm³/mol. The smallest absolute Gasteiger partial charge is 0.126 e. The molecule has 2 heterocycles. The molecule has 0 spiro atoms. The Balaban J connectivity index is 0.000000310. The van der Waals surface area contributed by atoms with Crippen molar-refractivity contribution in [2.45, 2.75) is 197 Å². The zero-order chi connectivity index (χ0) is 42.9. The molecule has 2 aromatic carbocycles. The normalized spacial score (nSPS) is 19.5. The van der Waals surface area contributed by atoms with E-state index in [0.29, 0.717) is 11.5 Å². The molecule has 2 aliphatic heterocycles. The summed E-state index contributed by atoms with van der Waals surface area (Å²) in [7, 11) is 0. The first-order valence-corrected chi connectivity index (χ1v) is 22.3. The maximum Gasteiger partial charge on any atom is 0.126 e. The Morgan fingerprint density at radius 3 is 1.14 bits per heavy atom. The highest BCUT2D eigenvalue weighted by molar-refractivity contribution is 5.48. The van der Waals surface area contributed by atoms with Gasteiger partial charge in [0.2, 0.25) is 0 Å². The van der Waals surface area contributed by atoms with Crippen molar-refractivity contribution < 1.29 is 19.7 Å². The molecule has 0 saturated carbocycles. The fourth-order valence-corrected chi connectivity index (χ4v) is 7.99. The van der Waals surface area contributed by atoms with Gasteiger partial charge in [-0.05, 0) is 232 Å². The summed E-state index contributed by atoms with van der Waals surface area (Å²) in [6.45, 7) is 26.1. The molecule has 2 atom stereocenters. The van der Waals surface area contributed by atoms with Crippen molar-refractivity contribution in [3.8, 4) is 23.0 Å². The second kappa shape index (κ2) is 23.6. The van der Waals surface area contributed by atoms with Crippen molar-refractivity contribution in [1.82, 2.24) is 0 Å². The first-order chi connectivity index (χ1) is 27.4. The van der Waals surface area contributed by atoms with Crippen molar-refractivity contribution in [3.63, 3.8) is 0 Å². The second-order valence-electron chi connectivity index (χ2n) is 18.6. The summed E-state index contributed by atoms with van der Waals surface area (Å²) in [5, 5.41) is 19.6. The van der Waals surface area contributed by atoms with Crippen molar-refractivity contribution in [3.05, 3.63) is 116 Å². The molecule has 2 aliphatic rings. The summed E-state index contributed by atoms with van der Waals surface area (Å²) >= 11 is 0. The highest BCUT2D eigenvalue weighted by Crippen LogP contribution is 2.41. The van der Waals surface area contributed by atoms with Gasteiger partial charge < -0.3 is 19.7 Å². The van der Waals surface area contributed by atoms with Gasteiger partial charge in [0.25, 0.3) is 0 Å². The number of hydrogen-bond donors (Lipinski definition) is 2. The summed E-state index contributed by atoms with van der Waals surface area (Å²) in [6, 6.07) is 7.29. The van der Waals surface area contributed by atoms with Crippen LogP contribution in [-0.4, -0.2) is 21.4 Å². The number of phenols is 2. The van der Waals surface area contributed by atoms with Crippen molar-refractivity contribution >= 4 is 0 Å². The van der Waals surface area contributed by atoms with Gasteiger partial charge in [0.1, 0.15) is 34.2 Å². The number of hydrogen-bond acceptors (Lipinski definition) is 4. The molecular formula is C54H80O4. The lowest BCUT2D eigenvalue weighted by molar-refractivity contribution is 0.0559. The van der Waals surface area contributed by atoms with Gasteiger partial charge in [-0.25, -0.2) is 0 Å². The molecule has 2 aromatic rings. The monoisotopic (exact) mass is 793 g/mol. The van der Waals surface area contributed by atoms with E-state index in [1.54, 1.807) is 12.1 Å². The quantitative estimate of drug-likeness (QED) is 0.148. The molecule has 0 saturated heterocycles. The molecule has 2 unspecified atom stereocenters. The first kappa shape index (κ1) is 48.4. The van der Waals surface area contributed by atoms with E-state index in [0.717, 1.165) is 124 Å². The standard InChI is InChI=1S/2C27H40O2/c2*1-20(2)10-7-11-21(3)12-8-13-22(4)14-9-16-27(6)17-15-24-19-25(28)18-23(5)26(24)29-27/h2*10,12,14,18-19,28H,7-9,11,13,15-17H2,1-6H3/b2*21-12+,22-14+.